The molecule has 5 nitrogen and oxygen atoms in total. The van der Waals surface area contributed by atoms with Crippen molar-refractivity contribution in [2.45, 2.75) is 32.6 Å². The zero-order valence-electron chi connectivity index (χ0n) is 11.6. The van der Waals surface area contributed by atoms with Crippen LogP contribution in [0.5, 0.6) is 0 Å². The molecular formula is C14H22N4O. The van der Waals surface area contributed by atoms with Crippen molar-refractivity contribution in [2.75, 3.05) is 25.0 Å². The van der Waals surface area contributed by atoms with E-state index in [2.05, 4.69) is 26.7 Å². The maximum Gasteiger partial charge on any atom is 0.252 e. The monoisotopic (exact) mass is 262 g/mol. The van der Waals surface area contributed by atoms with E-state index in [9.17, 15) is 4.79 Å². The minimum Gasteiger partial charge on any atom is -0.370 e. The topological polar surface area (TPSA) is 69.8 Å². The third kappa shape index (κ3) is 4.21. The molecule has 1 aromatic heterocycles. The summed E-state index contributed by atoms with van der Waals surface area (Å²) in [6, 6.07) is 1.52. The molecule has 2 heterocycles. The van der Waals surface area contributed by atoms with Gasteiger partial charge in [0.2, 0.25) is 0 Å². The molecule has 0 aliphatic carbocycles. The van der Waals surface area contributed by atoms with Gasteiger partial charge in [-0.3, -0.25) is 4.79 Å². The first kappa shape index (κ1) is 13.8. The molecule has 0 saturated heterocycles. The Hall–Kier alpha value is -1.62. The van der Waals surface area contributed by atoms with Crippen LogP contribution in [0.25, 0.3) is 0 Å². The Morgan fingerprint density at radius 3 is 3.00 bits per heavy atom. The molecule has 19 heavy (non-hydrogen) atoms. The summed E-state index contributed by atoms with van der Waals surface area (Å²) in [7, 11) is 0. The van der Waals surface area contributed by atoms with Crippen LogP contribution in [0.1, 0.15) is 38.4 Å². The molecule has 0 fully saturated rings. The van der Waals surface area contributed by atoms with Gasteiger partial charge in [-0.2, -0.15) is 0 Å². The van der Waals surface area contributed by atoms with E-state index in [-0.39, 0.29) is 11.5 Å². The molecule has 5 heteroatoms. The van der Waals surface area contributed by atoms with Crippen molar-refractivity contribution in [1.29, 1.82) is 0 Å². The van der Waals surface area contributed by atoms with Gasteiger partial charge in [0.05, 0.1) is 0 Å². The Labute approximate surface area is 113 Å². The minimum absolute atomic E-state index is 0.0951. The quantitative estimate of drug-likeness (QED) is 0.705. The predicted octanol–water partition coefficient (Wildman–Crippen LogP) is 1.61. The molecule has 104 valence electrons. The van der Waals surface area contributed by atoms with Crippen molar-refractivity contribution in [1.82, 2.24) is 15.3 Å². The molecule has 3 N–H and O–H groups in total. The van der Waals surface area contributed by atoms with Gasteiger partial charge in [-0.15, -0.1) is 0 Å². The van der Waals surface area contributed by atoms with Gasteiger partial charge < -0.3 is 15.6 Å². The van der Waals surface area contributed by atoms with Crippen LogP contribution in [0.15, 0.2) is 22.5 Å². The summed E-state index contributed by atoms with van der Waals surface area (Å²) in [6.07, 6.45) is 4.37. The molecule has 0 bridgehead atoms. The van der Waals surface area contributed by atoms with Gasteiger partial charge >= 0.3 is 0 Å². The van der Waals surface area contributed by atoms with Gasteiger partial charge in [-0.05, 0) is 19.4 Å². The van der Waals surface area contributed by atoms with Gasteiger partial charge in [0.15, 0.2) is 0 Å². The molecule has 0 spiro atoms. The van der Waals surface area contributed by atoms with E-state index in [1.165, 1.54) is 11.6 Å². The lowest BCUT2D eigenvalue weighted by Crippen LogP contribution is -2.21. The second kappa shape index (κ2) is 6.52. The van der Waals surface area contributed by atoms with Crippen LogP contribution in [0.2, 0.25) is 0 Å². The second-order valence-electron chi connectivity index (χ2n) is 5.16. The Morgan fingerprint density at radius 2 is 2.32 bits per heavy atom. The molecule has 0 saturated carbocycles. The summed E-state index contributed by atoms with van der Waals surface area (Å²) in [5.74, 6) is 1.62. The molecule has 1 aromatic rings. The highest BCUT2D eigenvalue weighted by Gasteiger charge is 2.06. The Morgan fingerprint density at radius 1 is 1.47 bits per heavy atom. The summed E-state index contributed by atoms with van der Waals surface area (Å²) in [6.45, 7) is 6.88. The summed E-state index contributed by atoms with van der Waals surface area (Å²) < 4.78 is 0. The molecule has 1 aliphatic rings. The fraction of sp³-hybridized carbons (Fsp3) is 0.571. The summed E-state index contributed by atoms with van der Waals surface area (Å²) in [5, 5.41) is 6.53. The van der Waals surface area contributed by atoms with E-state index < -0.39 is 0 Å². The van der Waals surface area contributed by atoms with Crippen molar-refractivity contribution in [2.24, 2.45) is 0 Å². The zero-order chi connectivity index (χ0) is 13.7. The third-order valence-corrected chi connectivity index (χ3v) is 3.22. The molecule has 0 radical (unpaired) electrons. The standard InChI is InChI=1S/C14H22N4O/c1-10(2)14-17-12(9-13(19)18-14)16-8-5-11-3-6-15-7-4-11/h3,9-10,15H,4-8H2,1-2H3,(H2,16,17,18,19). The van der Waals surface area contributed by atoms with Crippen molar-refractivity contribution in [3.8, 4) is 0 Å². The van der Waals surface area contributed by atoms with E-state index >= 15 is 0 Å². The van der Waals surface area contributed by atoms with Crippen molar-refractivity contribution < 1.29 is 0 Å². The SMILES string of the molecule is CC(C)c1nc(NCCC2=CCNCC2)cc(=O)[nH]1. The highest BCUT2D eigenvalue weighted by Crippen LogP contribution is 2.11. The van der Waals surface area contributed by atoms with Crippen molar-refractivity contribution >= 4 is 5.82 Å². The zero-order valence-corrected chi connectivity index (χ0v) is 11.6. The normalized spacial score (nSPS) is 15.4. The Bertz CT molecular complexity index is 504. The fourth-order valence-electron chi connectivity index (χ4n) is 2.09. The van der Waals surface area contributed by atoms with Crippen molar-refractivity contribution in [3.05, 3.63) is 33.9 Å². The lowest BCUT2D eigenvalue weighted by molar-refractivity contribution is 0.683. The summed E-state index contributed by atoms with van der Waals surface area (Å²) in [5.41, 5.74) is 1.38. The van der Waals surface area contributed by atoms with E-state index in [1.807, 2.05) is 13.8 Å². The fourth-order valence-corrected chi connectivity index (χ4v) is 2.09. The number of aromatic nitrogens is 2. The average molecular weight is 262 g/mol. The number of H-pyrrole nitrogens is 1. The number of hydrogen-bond donors (Lipinski definition) is 3. The first-order chi connectivity index (χ1) is 9.15. The van der Waals surface area contributed by atoms with Crippen LogP contribution in [0, 0.1) is 0 Å². The maximum absolute atomic E-state index is 11.5. The van der Waals surface area contributed by atoms with Gasteiger partial charge in [-0.1, -0.05) is 25.5 Å². The smallest absolute Gasteiger partial charge is 0.252 e. The number of aromatic amines is 1. The Kier molecular flexibility index (Phi) is 4.74. The van der Waals surface area contributed by atoms with E-state index in [4.69, 9.17) is 0 Å². The molecule has 0 atom stereocenters. The lowest BCUT2D eigenvalue weighted by Gasteiger charge is -2.14. The number of anilines is 1. The van der Waals surface area contributed by atoms with Gasteiger partial charge in [0, 0.05) is 25.1 Å². The third-order valence-electron chi connectivity index (χ3n) is 3.22. The second-order valence-corrected chi connectivity index (χ2v) is 5.16. The maximum atomic E-state index is 11.5. The van der Waals surface area contributed by atoms with Crippen LogP contribution < -0.4 is 16.2 Å². The highest BCUT2D eigenvalue weighted by molar-refractivity contribution is 5.33. The van der Waals surface area contributed by atoms with Crippen LogP contribution in [-0.2, 0) is 0 Å². The Balaban J connectivity index is 1.92. The van der Waals surface area contributed by atoms with E-state index in [0.29, 0.717) is 5.82 Å². The molecule has 0 amide bonds. The van der Waals surface area contributed by atoms with Crippen LogP contribution in [0.3, 0.4) is 0 Å². The van der Waals surface area contributed by atoms with Crippen molar-refractivity contribution in [3.63, 3.8) is 0 Å². The number of hydrogen-bond acceptors (Lipinski definition) is 4. The lowest BCUT2D eigenvalue weighted by atomic mass is 10.1. The van der Waals surface area contributed by atoms with Gasteiger partial charge in [0.25, 0.3) is 5.56 Å². The molecule has 0 aromatic carbocycles. The summed E-state index contributed by atoms with van der Waals surface area (Å²) in [4.78, 5) is 18.7. The molecule has 1 aliphatic heterocycles. The molecule has 2 rings (SSSR count). The van der Waals surface area contributed by atoms with Gasteiger partial charge in [0.1, 0.15) is 11.6 Å². The van der Waals surface area contributed by atoms with Gasteiger partial charge in [-0.25, -0.2) is 4.98 Å². The molecule has 0 unspecified atom stereocenters. The van der Waals surface area contributed by atoms with Crippen LogP contribution in [-0.4, -0.2) is 29.6 Å². The number of nitrogens with zero attached hydrogens (tertiary/aromatic N) is 1. The largest absolute Gasteiger partial charge is 0.370 e. The highest BCUT2D eigenvalue weighted by atomic mass is 16.1. The number of rotatable bonds is 5. The number of nitrogens with one attached hydrogen (secondary N) is 3. The van der Waals surface area contributed by atoms with E-state index in [1.54, 1.807) is 0 Å². The summed E-state index contributed by atoms with van der Waals surface area (Å²) >= 11 is 0. The first-order valence-electron chi connectivity index (χ1n) is 6.89. The van der Waals surface area contributed by atoms with E-state index in [0.717, 1.165) is 38.3 Å². The van der Waals surface area contributed by atoms with Crippen LogP contribution in [0.4, 0.5) is 5.82 Å². The minimum atomic E-state index is -0.0951. The first-order valence-corrected chi connectivity index (χ1v) is 6.89. The van der Waals surface area contributed by atoms with Crippen LogP contribution >= 0.6 is 0 Å². The average Bonchev–Trinajstić information content (AvgIpc) is 2.39. The molecular weight excluding hydrogens is 240 g/mol. The predicted molar refractivity (Wildman–Crippen MR) is 77.6 cm³/mol.